The lowest BCUT2D eigenvalue weighted by atomic mass is 9.88. The summed E-state index contributed by atoms with van der Waals surface area (Å²) >= 11 is 0. The molecular weight excluding hydrogens is 261 g/mol. The quantitative estimate of drug-likeness (QED) is 0.861. The Kier molecular flexibility index (Phi) is 8.00. The first kappa shape index (κ1) is 17.2. The van der Waals surface area contributed by atoms with Gasteiger partial charge in [0.15, 0.2) is 8.69 Å². The van der Waals surface area contributed by atoms with E-state index in [1.165, 1.54) is 12.1 Å². The Hall–Kier alpha value is -0.770. The molecule has 1 N–H and O–H groups in total. The van der Waals surface area contributed by atoms with E-state index >= 15 is 0 Å². The van der Waals surface area contributed by atoms with Gasteiger partial charge < -0.3 is 9.63 Å². The molecule has 1 unspecified atom stereocenters. The summed E-state index contributed by atoms with van der Waals surface area (Å²) < 4.78 is 40.3. The number of halogens is 2. The minimum atomic E-state index is -1.50. The van der Waals surface area contributed by atoms with E-state index in [4.69, 9.17) is 14.2 Å². The summed E-state index contributed by atoms with van der Waals surface area (Å²) in [6.45, 7) is 3.85. The van der Waals surface area contributed by atoms with Crippen molar-refractivity contribution in [1.29, 1.82) is 0 Å². The number of hydrogen-bond donors (Lipinski definition) is 1. The van der Waals surface area contributed by atoms with Crippen LogP contribution in [0, 0.1) is 11.6 Å². The highest BCUT2D eigenvalue weighted by atomic mass is 31.1. The lowest BCUT2D eigenvalue weighted by Gasteiger charge is -2.31. The standard InChI is InChI=1S/C12H16F2O.H3O2P/c1-4-12(5-2,15-3)10-7-6-9(13)8-11(10)14;1-3-2/h6-8H,4-5H2,1-3H3;3H2,(H,1,2). The zero-order chi connectivity index (χ0) is 14.2. The Bertz CT molecular complexity index is 373. The molecule has 0 saturated carbocycles. The van der Waals surface area contributed by atoms with Crippen LogP contribution < -0.4 is 0 Å². The van der Waals surface area contributed by atoms with Crippen LogP contribution in [0.15, 0.2) is 18.2 Å². The van der Waals surface area contributed by atoms with E-state index in [1.807, 2.05) is 13.8 Å². The molecule has 6 heteroatoms. The van der Waals surface area contributed by atoms with Crippen LogP contribution in [0.4, 0.5) is 8.78 Å². The van der Waals surface area contributed by atoms with Gasteiger partial charge in [-0.3, -0.25) is 4.57 Å². The summed E-state index contributed by atoms with van der Waals surface area (Å²) in [5.74, 6) is -1.10. The number of methoxy groups -OCH3 is 1. The molecule has 1 atom stereocenters. The van der Waals surface area contributed by atoms with Crippen LogP contribution in [0.1, 0.15) is 32.3 Å². The first-order chi connectivity index (χ1) is 8.51. The van der Waals surface area contributed by atoms with Crippen LogP contribution >= 0.6 is 8.69 Å². The molecule has 1 rings (SSSR count). The fourth-order valence-electron chi connectivity index (χ4n) is 1.89. The maximum atomic E-state index is 13.6. The molecule has 0 radical (unpaired) electrons. The normalized spacial score (nSPS) is 11.4. The second-order valence-corrected chi connectivity index (χ2v) is 3.85. The van der Waals surface area contributed by atoms with E-state index in [0.717, 1.165) is 6.07 Å². The lowest BCUT2D eigenvalue weighted by Crippen LogP contribution is -2.28. The largest absolute Gasteiger partial charge is 0.373 e. The van der Waals surface area contributed by atoms with Crippen LogP contribution in [-0.4, -0.2) is 12.0 Å². The monoisotopic (exact) mass is 280 g/mol. The topological polar surface area (TPSA) is 46.5 Å². The van der Waals surface area contributed by atoms with Gasteiger partial charge in [0.05, 0.1) is 5.60 Å². The van der Waals surface area contributed by atoms with E-state index in [2.05, 4.69) is 0 Å². The Morgan fingerprint density at radius 2 is 1.83 bits per heavy atom. The third-order valence-corrected chi connectivity index (χ3v) is 2.95. The lowest BCUT2D eigenvalue weighted by molar-refractivity contribution is -0.0245. The average molecular weight is 280 g/mol. The zero-order valence-corrected chi connectivity index (χ0v) is 11.9. The molecule has 0 aromatic heterocycles. The van der Waals surface area contributed by atoms with Crippen molar-refractivity contribution in [2.24, 2.45) is 0 Å². The van der Waals surface area contributed by atoms with E-state index in [0.29, 0.717) is 18.4 Å². The zero-order valence-electron chi connectivity index (χ0n) is 10.7. The van der Waals surface area contributed by atoms with Crippen molar-refractivity contribution in [3.63, 3.8) is 0 Å². The van der Waals surface area contributed by atoms with Gasteiger partial charge in [0.1, 0.15) is 11.6 Å². The van der Waals surface area contributed by atoms with E-state index in [-0.39, 0.29) is 0 Å². The highest BCUT2D eigenvalue weighted by Gasteiger charge is 2.30. The van der Waals surface area contributed by atoms with E-state index < -0.39 is 25.9 Å². The van der Waals surface area contributed by atoms with Crippen molar-refractivity contribution in [2.45, 2.75) is 32.3 Å². The predicted molar refractivity (Wildman–Crippen MR) is 68.2 cm³/mol. The maximum absolute atomic E-state index is 13.6. The van der Waals surface area contributed by atoms with Crippen LogP contribution in [0.5, 0.6) is 0 Å². The first-order valence-electron chi connectivity index (χ1n) is 5.59. The van der Waals surface area contributed by atoms with Gasteiger partial charge in [0, 0.05) is 18.7 Å². The van der Waals surface area contributed by atoms with Gasteiger partial charge in [0.25, 0.3) is 0 Å². The molecule has 0 amide bonds. The molecule has 0 aliphatic rings. The van der Waals surface area contributed by atoms with Crippen molar-refractivity contribution >= 4 is 8.69 Å². The van der Waals surface area contributed by atoms with Gasteiger partial charge in [-0.05, 0) is 18.9 Å². The van der Waals surface area contributed by atoms with Crippen LogP contribution in [0.2, 0.25) is 0 Å². The molecule has 0 aliphatic carbocycles. The summed E-state index contributed by atoms with van der Waals surface area (Å²) in [5.41, 5.74) is -0.214. The Morgan fingerprint density at radius 1 is 1.33 bits per heavy atom. The third kappa shape index (κ3) is 4.16. The highest BCUT2D eigenvalue weighted by Crippen LogP contribution is 2.34. The number of ether oxygens (including phenoxy) is 1. The van der Waals surface area contributed by atoms with Crippen molar-refractivity contribution in [3.8, 4) is 0 Å². The number of benzene rings is 1. The van der Waals surface area contributed by atoms with Gasteiger partial charge in [-0.2, -0.15) is 0 Å². The summed E-state index contributed by atoms with van der Waals surface area (Å²) in [7, 11) is 0.0514. The van der Waals surface area contributed by atoms with Crippen LogP contribution in [-0.2, 0) is 14.9 Å². The molecule has 0 saturated heterocycles. The van der Waals surface area contributed by atoms with Crippen LogP contribution in [0.3, 0.4) is 0 Å². The second-order valence-electron chi connectivity index (χ2n) is 3.64. The Labute approximate surface area is 107 Å². The van der Waals surface area contributed by atoms with Crippen molar-refractivity contribution in [1.82, 2.24) is 0 Å². The van der Waals surface area contributed by atoms with Gasteiger partial charge >= 0.3 is 0 Å². The van der Waals surface area contributed by atoms with Crippen LogP contribution in [0.25, 0.3) is 0 Å². The minimum Gasteiger partial charge on any atom is -0.373 e. The number of rotatable bonds is 4. The molecular formula is C12H19F2O3P. The fraction of sp³-hybridized carbons (Fsp3) is 0.500. The maximum Gasteiger partial charge on any atom is 0.177 e. The molecule has 1 aromatic carbocycles. The van der Waals surface area contributed by atoms with Gasteiger partial charge in [0.2, 0.25) is 0 Å². The molecule has 1 aromatic rings. The SMILES string of the molecule is CCC(CC)(OC)c1ccc(F)cc1F.O=[PH2]O. The smallest absolute Gasteiger partial charge is 0.177 e. The summed E-state index contributed by atoms with van der Waals surface area (Å²) in [4.78, 5) is 7.10. The fourth-order valence-corrected chi connectivity index (χ4v) is 1.89. The molecule has 0 aliphatic heterocycles. The van der Waals surface area contributed by atoms with Gasteiger partial charge in [-0.1, -0.05) is 19.9 Å². The van der Waals surface area contributed by atoms with Crippen molar-refractivity contribution in [3.05, 3.63) is 35.4 Å². The van der Waals surface area contributed by atoms with Gasteiger partial charge in [-0.25, -0.2) is 8.78 Å². The molecule has 0 fully saturated rings. The summed E-state index contributed by atoms with van der Waals surface area (Å²) in [6.07, 6.45) is 1.31. The molecule has 0 bridgehead atoms. The average Bonchev–Trinajstić information content (AvgIpc) is 2.35. The third-order valence-electron chi connectivity index (χ3n) is 2.95. The van der Waals surface area contributed by atoms with Crippen molar-refractivity contribution < 1.29 is 23.0 Å². The van der Waals surface area contributed by atoms with Gasteiger partial charge in [-0.15, -0.1) is 0 Å². The summed E-state index contributed by atoms with van der Waals surface area (Å²) in [5, 5.41) is 0. The molecule has 104 valence electrons. The first-order valence-corrected chi connectivity index (χ1v) is 6.58. The van der Waals surface area contributed by atoms with E-state index in [9.17, 15) is 8.78 Å². The summed E-state index contributed by atoms with van der Waals surface area (Å²) in [6, 6.07) is 3.62. The Balaban J connectivity index is 0.000000873. The molecule has 0 spiro atoms. The second kappa shape index (κ2) is 8.35. The van der Waals surface area contributed by atoms with E-state index in [1.54, 1.807) is 7.11 Å². The number of hydrogen-bond acceptors (Lipinski definition) is 2. The predicted octanol–water partition coefficient (Wildman–Crippen LogP) is 3.28. The molecule has 18 heavy (non-hydrogen) atoms. The highest BCUT2D eigenvalue weighted by molar-refractivity contribution is 7.16. The molecule has 3 nitrogen and oxygen atoms in total. The Morgan fingerprint density at radius 3 is 2.17 bits per heavy atom. The minimum absolute atomic E-state index is 0.427. The molecule has 0 heterocycles. The van der Waals surface area contributed by atoms with Crippen molar-refractivity contribution in [2.75, 3.05) is 7.11 Å².